The fourth-order valence-electron chi connectivity index (χ4n) is 6.41. The zero-order chi connectivity index (χ0) is 17.0. The van der Waals surface area contributed by atoms with Crippen molar-refractivity contribution in [2.24, 2.45) is 34.5 Å². The number of methoxy groups -OCH3 is 1. The Labute approximate surface area is 139 Å². The summed E-state index contributed by atoms with van der Waals surface area (Å²) >= 11 is 0. The molecular weight excluding hydrogens is 292 g/mol. The minimum atomic E-state index is -0.515. The van der Waals surface area contributed by atoms with E-state index in [1.807, 2.05) is 13.8 Å². The molecule has 0 amide bonds. The Kier molecular flexibility index (Phi) is 4.11. The van der Waals surface area contributed by atoms with Gasteiger partial charge >= 0.3 is 5.97 Å². The molecule has 0 heterocycles. The first-order valence-corrected chi connectivity index (χ1v) is 9.05. The number of Topliss-reactive ketones (excluding diaryl/α,β-unsaturated/α-hetero) is 1. The van der Waals surface area contributed by atoms with Gasteiger partial charge in [-0.2, -0.15) is 0 Å². The second-order valence-electron chi connectivity index (χ2n) is 8.60. The molecule has 130 valence electrons. The standard InChI is InChI=1S/C19H30O4/c1-11-13(20)7-6-12-16(11)14(21)10-15-18(12,2)8-5-9-19(15,3)17(22)23-4/h11-12,14-16,21H,5-10H2,1-4H3/t11-,12+,14-,15-,16+,18-,19-/m1/s1. The fraction of sp³-hybridized carbons (Fsp3) is 0.895. The van der Waals surface area contributed by atoms with Crippen LogP contribution < -0.4 is 0 Å². The quantitative estimate of drug-likeness (QED) is 0.754. The largest absolute Gasteiger partial charge is 0.469 e. The number of carbonyl (C=O) groups is 2. The van der Waals surface area contributed by atoms with Crippen molar-refractivity contribution in [3.63, 3.8) is 0 Å². The van der Waals surface area contributed by atoms with Crippen LogP contribution in [0.25, 0.3) is 0 Å². The Hall–Kier alpha value is -0.900. The summed E-state index contributed by atoms with van der Waals surface area (Å²) in [5.74, 6) is 0.601. The minimum Gasteiger partial charge on any atom is -0.469 e. The van der Waals surface area contributed by atoms with Gasteiger partial charge in [-0.1, -0.05) is 20.3 Å². The molecule has 4 heteroatoms. The molecule has 3 rings (SSSR count). The second kappa shape index (κ2) is 5.58. The van der Waals surface area contributed by atoms with Crippen molar-refractivity contribution in [1.82, 2.24) is 0 Å². The van der Waals surface area contributed by atoms with Crippen LogP contribution in [-0.4, -0.2) is 30.1 Å². The monoisotopic (exact) mass is 322 g/mol. The molecule has 0 aliphatic heterocycles. The van der Waals surface area contributed by atoms with E-state index in [0.29, 0.717) is 24.5 Å². The van der Waals surface area contributed by atoms with Gasteiger partial charge in [-0.05, 0) is 55.8 Å². The van der Waals surface area contributed by atoms with Gasteiger partial charge in [0.15, 0.2) is 0 Å². The van der Waals surface area contributed by atoms with E-state index in [1.54, 1.807) is 0 Å². The lowest BCUT2D eigenvalue weighted by molar-refractivity contribution is -0.193. The predicted octanol–water partition coefficient (Wildman–Crippen LogP) is 2.97. The van der Waals surface area contributed by atoms with Crippen molar-refractivity contribution in [1.29, 1.82) is 0 Å². The zero-order valence-electron chi connectivity index (χ0n) is 14.8. The van der Waals surface area contributed by atoms with Gasteiger partial charge in [-0.25, -0.2) is 0 Å². The van der Waals surface area contributed by atoms with Gasteiger partial charge in [0, 0.05) is 12.3 Å². The van der Waals surface area contributed by atoms with E-state index in [4.69, 9.17) is 4.74 Å². The van der Waals surface area contributed by atoms with Crippen LogP contribution in [0.2, 0.25) is 0 Å². The van der Waals surface area contributed by atoms with Crippen LogP contribution in [0.15, 0.2) is 0 Å². The number of hydrogen-bond acceptors (Lipinski definition) is 4. The van der Waals surface area contributed by atoms with E-state index in [1.165, 1.54) is 7.11 Å². The van der Waals surface area contributed by atoms with Crippen LogP contribution in [0, 0.1) is 34.5 Å². The molecule has 23 heavy (non-hydrogen) atoms. The molecule has 0 spiro atoms. The van der Waals surface area contributed by atoms with Gasteiger partial charge in [0.1, 0.15) is 5.78 Å². The summed E-state index contributed by atoms with van der Waals surface area (Å²) in [5, 5.41) is 10.8. The van der Waals surface area contributed by atoms with Gasteiger partial charge < -0.3 is 9.84 Å². The molecule has 4 nitrogen and oxygen atoms in total. The first-order valence-electron chi connectivity index (χ1n) is 9.05. The normalized spacial score (nSPS) is 50.0. The predicted molar refractivity (Wildman–Crippen MR) is 86.6 cm³/mol. The minimum absolute atomic E-state index is 0.0139. The molecule has 0 unspecified atom stereocenters. The van der Waals surface area contributed by atoms with Crippen molar-refractivity contribution in [2.75, 3.05) is 7.11 Å². The van der Waals surface area contributed by atoms with Crippen LogP contribution in [-0.2, 0) is 14.3 Å². The topological polar surface area (TPSA) is 63.6 Å². The third-order valence-electron chi connectivity index (χ3n) is 7.65. The zero-order valence-corrected chi connectivity index (χ0v) is 14.8. The van der Waals surface area contributed by atoms with Gasteiger partial charge in [-0.3, -0.25) is 9.59 Å². The van der Waals surface area contributed by atoms with E-state index in [-0.39, 0.29) is 29.1 Å². The number of aliphatic hydroxyl groups excluding tert-OH is 1. The van der Waals surface area contributed by atoms with E-state index >= 15 is 0 Å². The molecule has 3 aliphatic rings. The van der Waals surface area contributed by atoms with E-state index < -0.39 is 11.5 Å². The number of carbonyl (C=O) groups excluding carboxylic acids is 2. The van der Waals surface area contributed by atoms with Crippen LogP contribution in [0.3, 0.4) is 0 Å². The average Bonchev–Trinajstić information content (AvgIpc) is 2.51. The summed E-state index contributed by atoms with van der Waals surface area (Å²) in [6.45, 7) is 6.30. The molecule has 7 atom stereocenters. The number of fused-ring (bicyclic) bond motifs is 3. The van der Waals surface area contributed by atoms with Crippen molar-refractivity contribution >= 4 is 11.8 Å². The number of hydrogen-bond donors (Lipinski definition) is 1. The van der Waals surface area contributed by atoms with Gasteiger partial charge in [0.05, 0.1) is 18.6 Å². The van der Waals surface area contributed by atoms with Gasteiger partial charge in [0.2, 0.25) is 0 Å². The summed E-state index contributed by atoms with van der Waals surface area (Å²) in [4.78, 5) is 24.7. The summed E-state index contributed by atoms with van der Waals surface area (Å²) in [7, 11) is 1.46. The maximum atomic E-state index is 12.5. The maximum absolute atomic E-state index is 12.5. The highest BCUT2D eigenvalue weighted by molar-refractivity contribution is 5.82. The third-order valence-corrected chi connectivity index (χ3v) is 7.65. The first-order chi connectivity index (χ1) is 10.8. The Bertz CT molecular complexity index is 515. The molecule has 3 aliphatic carbocycles. The number of ether oxygens (including phenoxy) is 1. The molecular formula is C19H30O4. The summed E-state index contributed by atoms with van der Waals surface area (Å²) in [6, 6.07) is 0. The molecule has 3 fully saturated rings. The summed E-state index contributed by atoms with van der Waals surface area (Å²) in [5.41, 5.74) is -0.502. The molecule has 0 aromatic rings. The van der Waals surface area contributed by atoms with E-state index in [9.17, 15) is 14.7 Å². The Morgan fingerprint density at radius 2 is 2.00 bits per heavy atom. The highest BCUT2D eigenvalue weighted by Gasteiger charge is 2.62. The maximum Gasteiger partial charge on any atom is 0.311 e. The Morgan fingerprint density at radius 3 is 2.65 bits per heavy atom. The van der Waals surface area contributed by atoms with E-state index in [2.05, 4.69) is 6.92 Å². The lowest BCUT2D eigenvalue weighted by atomic mass is 9.42. The molecule has 0 aromatic carbocycles. The molecule has 0 aromatic heterocycles. The average molecular weight is 322 g/mol. The molecule has 0 saturated heterocycles. The number of esters is 1. The van der Waals surface area contributed by atoms with Gasteiger partial charge in [-0.15, -0.1) is 0 Å². The van der Waals surface area contributed by atoms with Crippen LogP contribution in [0.4, 0.5) is 0 Å². The smallest absolute Gasteiger partial charge is 0.311 e. The molecule has 0 radical (unpaired) electrons. The Morgan fingerprint density at radius 1 is 1.30 bits per heavy atom. The van der Waals surface area contributed by atoms with Crippen LogP contribution >= 0.6 is 0 Å². The van der Waals surface area contributed by atoms with Crippen LogP contribution in [0.1, 0.15) is 59.3 Å². The number of ketones is 1. The first kappa shape index (κ1) is 16.9. The highest BCUT2D eigenvalue weighted by atomic mass is 16.5. The second-order valence-corrected chi connectivity index (χ2v) is 8.60. The van der Waals surface area contributed by atoms with Crippen molar-refractivity contribution in [3.05, 3.63) is 0 Å². The third kappa shape index (κ3) is 2.28. The van der Waals surface area contributed by atoms with E-state index in [0.717, 1.165) is 25.7 Å². The Balaban J connectivity index is 2.00. The van der Waals surface area contributed by atoms with Gasteiger partial charge in [0.25, 0.3) is 0 Å². The lowest BCUT2D eigenvalue weighted by Crippen LogP contribution is -2.61. The summed E-state index contributed by atoms with van der Waals surface area (Å²) in [6.07, 6.45) is 4.53. The molecule has 1 N–H and O–H groups in total. The van der Waals surface area contributed by atoms with Crippen molar-refractivity contribution in [3.8, 4) is 0 Å². The fourth-order valence-corrected chi connectivity index (χ4v) is 6.41. The van der Waals surface area contributed by atoms with Crippen molar-refractivity contribution < 1.29 is 19.4 Å². The molecule has 0 bridgehead atoms. The number of rotatable bonds is 1. The SMILES string of the molecule is COC(=O)[C@]1(C)CCC[C@@]2(C)[C@H]1C[C@@H](O)[C@H]1[C@H](C)C(=O)CC[C@@H]12. The lowest BCUT2D eigenvalue weighted by Gasteiger charge is -2.62. The van der Waals surface area contributed by atoms with Crippen LogP contribution in [0.5, 0.6) is 0 Å². The molecule has 3 saturated carbocycles. The summed E-state index contributed by atoms with van der Waals surface area (Å²) < 4.78 is 5.12. The van der Waals surface area contributed by atoms with Crippen molar-refractivity contribution in [2.45, 2.75) is 65.4 Å². The highest BCUT2D eigenvalue weighted by Crippen LogP contribution is 2.64. The number of aliphatic hydroxyl groups is 1.